The van der Waals surface area contributed by atoms with Crippen LogP contribution in [0.3, 0.4) is 0 Å². The molecule has 0 unspecified atom stereocenters. The number of nitrogens with two attached hydrogens (primary N) is 1. The lowest BCUT2D eigenvalue weighted by atomic mass is 9.70. The molecule has 1 amide bonds. The third kappa shape index (κ3) is 3.49. The van der Waals surface area contributed by atoms with Gasteiger partial charge >= 0.3 is 0 Å². The molecule has 3 N–H and O–H groups in total. The standard InChI is InChI=1S/C14H19ClN2O2.ClH/c1-14(4-3-5-14)8-17-13(18)9-6-10(15)11(16)7-12(9)19-2;/h6-7H,3-5,8,16H2,1-2H3,(H,17,18);1H. The van der Waals surface area contributed by atoms with Crippen LogP contribution in [0.1, 0.15) is 36.5 Å². The van der Waals surface area contributed by atoms with E-state index in [0.717, 1.165) is 12.8 Å². The number of hydrogen-bond donors (Lipinski definition) is 2. The molecule has 1 aliphatic rings. The average molecular weight is 319 g/mol. The summed E-state index contributed by atoms with van der Waals surface area (Å²) in [6, 6.07) is 3.12. The minimum Gasteiger partial charge on any atom is -0.496 e. The van der Waals surface area contributed by atoms with Gasteiger partial charge in [-0.2, -0.15) is 0 Å². The summed E-state index contributed by atoms with van der Waals surface area (Å²) in [7, 11) is 1.51. The van der Waals surface area contributed by atoms with Crippen molar-refractivity contribution in [3.8, 4) is 5.75 Å². The predicted molar refractivity (Wildman–Crippen MR) is 84.0 cm³/mol. The van der Waals surface area contributed by atoms with Crippen LogP contribution in [-0.4, -0.2) is 19.6 Å². The smallest absolute Gasteiger partial charge is 0.255 e. The van der Waals surface area contributed by atoms with E-state index in [9.17, 15) is 4.79 Å². The summed E-state index contributed by atoms with van der Waals surface area (Å²) >= 11 is 5.95. The number of hydrogen-bond acceptors (Lipinski definition) is 3. The molecule has 6 heteroatoms. The van der Waals surface area contributed by atoms with Gasteiger partial charge in [-0.05, 0) is 24.3 Å². The van der Waals surface area contributed by atoms with Crippen LogP contribution >= 0.6 is 24.0 Å². The Morgan fingerprint density at radius 2 is 2.15 bits per heavy atom. The van der Waals surface area contributed by atoms with Crippen molar-refractivity contribution in [2.24, 2.45) is 5.41 Å². The Morgan fingerprint density at radius 1 is 1.50 bits per heavy atom. The number of nitrogens with one attached hydrogen (secondary N) is 1. The number of amides is 1. The molecule has 1 saturated carbocycles. The van der Waals surface area contributed by atoms with Crippen LogP contribution in [-0.2, 0) is 0 Å². The van der Waals surface area contributed by atoms with Crippen LogP contribution in [0.5, 0.6) is 5.75 Å². The fourth-order valence-electron chi connectivity index (χ4n) is 2.26. The Bertz CT molecular complexity index is 502. The Labute approximate surface area is 130 Å². The largest absolute Gasteiger partial charge is 0.496 e. The van der Waals surface area contributed by atoms with Crippen LogP contribution in [0.15, 0.2) is 12.1 Å². The van der Waals surface area contributed by atoms with Crippen molar-refractivity contribution in [1.29, 1.82) is 0 Å². The average Bonchev–Trinajstić information content (AvgIpc) is 2.36. The van der Waals surface area contributed by atoms with Crippen molar-refractivity contribution in [2.45, 2.75) is 26.2 Å². The number of methoxy groups -OCH3 is 1. The Morgan fingerprint density at radius 3 is 2.65 bits per heavy atom. The normalized spacial score (nSPS) is 15.8. The first-order valence-electron chi connectivity index (χ1n) is 6.36. The van der Waals surface area contributed by atoms with E-state index in [-0.39, 0.29) is 23.7 Å². The van der Waals surface area contributed by atoms with Gasteiger partial charge in [-0.3, -0.25) is 4.79 Å². The highest BCUT2D eigenvalue weighted by molar-refractivity contribution is 6.33. The monoisotopic (exact) mass is 318 g/mol. The molecular formula is C14H20Cl2N2O2. The number of rotatable bonds is 4. The quantitative estimate of drug-likeness (QED) is 0.837. The molecular weight excluding hydrogens is 299 g/mol. The Kier molecular flexibility index (Phi) is 5.54. The molecule has 0 radical (unpaired) electrons. The zero-order valence-corrected chi connectivity index (χ0v) is 13.2. The van der Waals surface area contributed by atoms with Crippen molar-refractivity contribution in [3.63, 3.8) is 0 Å². The summed E-state index contributed by atoms with van der Waals surface area (Å²) < 4.78 is 5.18. The Balaban J connectivity index is 0.00000200. The van der Waals surface area contributed by atoms with Gasteiger partial charge in [0.05, 0.1) is 23.4 Å². The molecule has 0 bridgehead atoms. The SMILES string of the molecule is COc1cc(N)c(Cl)cc1C(=O)NCC1(C)CCC1.Cl. The first-order valence-corrected chi connectivity index (χ1v) is 6.74. The third-order valence-electron chi connectivity index (χ3n) is 3.80. The number of carbonyl (C=O) groups excluding carboxylic acids is 1. The molecule has 2 rings (SSSR count). The number of carbonyl (C=O) groups is 1. The van der Waals surface area contributed by atoms with Gasteiger partial charge in [-0.1, -0.05) is 24.9 Å². The first-order chi connectivity index (χ1) is 8.95. The zero-order valence-electron chi connectivity index (χ0n) is 11.7. The first kappa shape index (κ1) is 16.9. The highest BCUT2D eigenvalue weighted by Gasteiger charge is 2.32. The van der Waals surface area contributed by atoms with Crippen molar-refractivity contribution in [1.82, 2.24) is 5.32 Å². The second-order valence-corrected chi connectivity index (χ2v) is 5.83. The molecule has 1 aromatic rings. The molecule has 0 spiro atoms. The van der Waals surface area contributed by atoms with Gasteiger partial charge in [0.15, 0.2) is 0 Å². The van der Waals surface area contributed by atoms with Gasteiger partial charge in [0, 0.05) is 12.6 Å². The predicted octanol–water partition coefficient (Wildman–Crippen LogP) is 3.27. The molecule has 0 heterocycles. The fraction of sp³-hybridized carbons (Fsp3) is 0.500. The van der Waals surface area contributed by atoms with E-state index in [2.05, 4.69) is 12.2 Å². The molecule has 0 atom stereocenters. The fourth-order valence-corrected chi connectivity index (χ4v) is 2.43. The van der Waals surface area contributed by atoms with Gasteiger partial charge in [0.2, 0.25) is 0 Å². The van der Waals surface area contributed by atoms with Crippen molar-refractivity contribution >= 4 is 35.6 Å². The minimum absolute atomic E-state index is 0. The van der Waals surface area contributed by atoms with Crippen LogP contribution in [0.25, 0.3) is 0 Å². The maximum Gasteiger partial charge on any atom is 0.255 e. The molecule has 1 aliphatic carbocycles. The minimum atomic E-state index is -0.174. The lowest BCUT2D eigenvalue weighted by molar-refractivity contribution is 0.0888. The van der Waals surface area contributed by atoms with E-state index in [0.29, 0.717) is 28.6 Å². The molecule has 4 nitrogen and oxygen atoms in total. The lowest BCUT2D eigenvalue weighted by Crippen LogP contribution is -2.40. The summed E-state index contributed by atoms with van der Waals surface area (Å²) in [5, 5.41) is 3.31. The van der Waals surface area contributed by atoms with E-state index < -0.39 is 0 Å². The Hall–Kier alpha value is -1.13. The zero-order chi connectivity index (χ0) is 14.0. The van der Waals surface area contributed by atoms with E-state index >= 15 is 0 Å². The van der Waals surface area contributed by atoms with Crippen molar-refractivity contribution in [2.75, 3.05) is 19.4 Å². The van der Waals surface area contributed by atoms with Crippen LogP contribution in [0.4, 0.5) is 5.69 Å². The molecule has 0 aliphatic heterocycles. The van der Waals surface area contributed by atoms with E-state index in [4.69, 9.17) is 22.1 Å². The molecule has 1 aromatic carbocycles. The van der Waals surface area contributed by atoms with E-state index in [1.807, 2.05) is 0 Å². The van der Waals surface area contributed by atoms with Gasteiger partial charge in [-0.15, -0.1) is 12.4 Å². The summed E-state index contributed by atoms with van der Waals surface area (Å²) in [6.07, 6.45) is 3.56. The highest BCUT2D eigenvalue weighted by Crippen LogP contribution is 2.39. The number of halogens is 2. The van der Waals surface area contributed by atoms with Gasteiger partial charge < -0.3 is 15.8 Å². The summed E-state index contributed by atoms with van der Waals surface area (Å²) in [5.74, 6) is 0.269. The topological polar surface area (TPSA) is 64.3 Å². The van der Waals surface area contributed by atoms with Crippen LogP contribution in [0, 0.1) is 5.41 Å². The van der Waals surface area contributed by atoms with Gasteiger partial charge in [-0.25, -0.2) is 0 Å². The molecule has 112 valence electrons. The van der Waals surface area contributed by atoms with Gasteiger partial charge in [0.1, 0.15) is 5.75 Å². The summed E-state index contributed by atoms with van der Waals surface area (Å²) in [4.78, 5) is 12.2. The second kappa shape index (κ2) is 6.55. The highest BCUT2D eigenvalue weighted by atomic mass is 35.5. The molecule has 0 saturated heterocycles. The second-order valence-electron chi connectivity index (χ2n) is 5.42. The van der Waals surface area contributed by atoms with Gasteiger partial charge in [0.25, 0.3) is 5.91 Å². The van der Waals surface area contributed by atoms with Crippen molar-refractivity contribution < 1.29 is 9.53 Å². The lowest BCUT2D eigenvalue weighted by Gasteiger charge is -2.38. The molecule has 0 aromatic heterocycles. The number of ether oxygens (including phenoxy) is 1. The maximum absolute atomic E-state index is 12.2. The van der Waals surface area contributed by atoms with Crippen molar-refractivity contribution in [3.05, 3.63) is 22.7 Å². The number of anilines is 1. The molecule has 1 fully saturated rings. The summed E-state index contributed by atoms with van der Waals surface area (Å²) in [6.45, 7) is 2.86. The number of benzene rings is 1. The van der Waals surface area contributed by atoms with E-state index in [1.165, 1.54) is 13.5 Å². The van der Waals surface area contributed by atoms with Crippen LogP contribution < -0.4 is 15.8 Å². The number of nitrogen functional groups attached to an aromatic ring is 1. The van der Waals surface area contributed by atoms with E-state index in [1.54, 1.807) is 12.1 Å². The van der Waals surface area contributed by atoms with Crippen LogP contribution in [0.2, 0.25) is 5.02 Å². The maximum atomic E-state index is 12.2. The summed E-state index contributed by atoms with van der Waals surface area (Å²) in [5.41, 5.74) is 6.76. The molecule has 20 heavy (non-hydrogen) atoms. The third-order valence-corrected chi connectivity index (χ3v) is 4.13.